The molecule has 0 spiro atoms. The Hall–Kier alpha value is -1.61. The third kappa shape index (κ3) is 2.62. The molecule has 0 unspecified atom stereocenters. The highest BCUT2D eigenvalue weighted by molar-refractivity contribution is 5.87. The molecule has 2 N–H and O–H groups in total. The maximum Gasteiger partial charge on any atom is 0.145 e. The number of benzene rings is 1. The predicted octanol–water partition coefficient (Wildman–Crippen LogP) is 2.83. The van der Waals surface area contributed by atoms with Gasteiger partial charge in [-0.25, -0.2) is 4.98 Å². The van der Waals surface area contributed by atoms with E-state index in [2.05, 4.69) is 19.1 Å². The van der Waals surface area contributed by atoms with Crippen molar-refractivity contribution in [2.24, 2.45) is 5.73 Å². The van der Waals surface area contributed by atoms with Crippen LogP contribution in [0.2, 0.25) is 0 Å². The minimum absolute atomic E-state index is 0.660. The van der Waals surface area contributed by atoms with Crippen LogP contribution in [0.1, 0.15) is 24.6 Å². The van der Waals surface area contributed by atoms with Crippen molar-refractivity contribution < 1.29 is 4.74 Å². The first kappa shape index (κ1) is 12.8. The number of hydrogen-bond acceptors (Lipinski definition) is 3. The first-order valence-electron chi connectivity index (χ1n) is 6.48. The van der Waals surface area contributed by atoms with Crippen molar-refractivity contribution in [1.82, 2.24) is 4.98 Å². The Balaban J connectivity index is 2.49. The van der Waals surface area contributed by atoms with Gasteiger partial charge in [-0.15, -0.1) is 0 Å². The number of hydrogen-bond donors (Lipinski definition) is 1. The maximum absolute atomic E-state index is 5.65. The average molecular weight is 244 g/mol. The van der Waals surface area contributed by atoms with Crippen molar-refractivity contribution in [2.45, 2.75) is 26.7 Å². The number of pyridine rings is 1. The molecule has 1 aromatic carbocycles. The molecule has 0 atom stereocenters. The fourth-order valence-electron chi connectivity index (χ4n) is 2.14. The Kier molecular flexibility index (Phi) is 4.15. The Bertz CT molecular complexity index is 537. The monoisotopic (exact) mass is 244 g/mol. The van der Waals surface area contributed by atoms with Crippen LogP contribution in [0.25, 0.3) is 10.9 Å². The summed E-state index contributed by atoms with van der Waals surface area (Å²) in [6.07, 6.45) is 1.89. The van der Waals surface area contributed by atoms with Crippen LogP contribution in [-0.4, -0.2) is 18.1 Å². The molecule has 0 saturated carbocycles. The van der Waals surface area contributed by atoms with Gasteiger partial charge in [0.2, 0.25) is 0 Å². The molecule has 3 nitrogen and oxygen atoms in total. The van der Waals surface area contributed by atoms with Crippen molar-refractivity contribution in [3.05, 3.63) is 35.5 Å². The normalized spacial score (nSPS) is 10.8. The van der Waals surface area contributed by atoms with Gasteiger partial charge in [0.1, 0.15) is 11.3 Å². The second kappa shape index (κ2) is 5.83. The zero-order valence-electron chi connectivity index (χ0n) is 11.1. The fraction of sp³-hybridized carbons (Fsp3) is 0.400. The van der Waals surface area contributed by atoms with Gasteiger partial charge in [0, 0.05) is 11.1 Å². The Morgan fingerprint density at radius 3 is 2.89 bits per heavy atom. The Morgan fingerprint density at radius 2 is 2.17 bits per heavy atom. The van der Waals surface area contributed by atoms with Gasteiger partial charge in [-0.05, 0) is 50.9 Å². The number of aromatic nitrogens is 1. The van der Waals surface area contributed by atoms with E-state index in [4.69, 9.17) is 15.5 Å². The summed E-state index contributed by atoms with van der Waals surface area (Å²) in [4.78, 5) is 4.71. The molecule has 0 saturated heterocycles. The van der Waals surface area contributed by atoms with E-state index in [1.165, 1.54) is 5.56 Å². The molecule has 3 heteroatoms. The molecule has 2 rings (SSSR count). The summed E-state index contributed by atoms with van der Waals surface area (Å²) in [7, 11) is 0. The molecule has 18 heavy (non-hydrogen) atoms. The largest absolute Gasteiger partial charge is 0.492 e. The maximum atomic E-state index is 5.65. The number of aryl methyl sites for hydroxylation is 2. The van der Waals surface area contributed by atoms with Gasteiger partial charge in [-0.2, -0.15) is 0 Å². The molecule has 0 bridgehead atoms. The van der Waals surface area contributed by atoms with Crippen LogP contribution in [0.5, 0.6) is 5.75 Å². The molecule has 0 aliphatic heterocycles. The topological polar surface area (TPSA) is 48.1 Å². The van der Waals surface area contributed by atoms with E-state index in [-0.39, 0.29) is 0 Å². The molecule has 0 radical (unpaired) electrons. The van der Waals surface area contributed by atoms with Crippen molar-refractivity contribution in [3.63, 3.8) is 0 Å². The van der Waals surface area contributed by atoms with E-state index in [0.29, 0.717) is 13.2 Å². The first-order valence-corrected chi connectivity index (χ1v) is 6.48. The van der Waals surface area contributed by atoms with E-state index in [0.717, 1.165) is 35.2 Å². The minimum Gasteiger partial charge on any atom is -0.492 e. The van der Waals surface area contributed by atoms with Crippen LogP contribution in [0.15, 0.2) is 24.3 Å². The summed E-state index contributed by atoms with van der Waals surface area (Å²) in [5.74, 6) is 0.868. The summed E-state index contributed by atoms with van der Waals surface area (Å²) in [6, 6.07) is 8.23. The number of nitrogens with two attached hydrogens (primary N) is 1. The van der Waals surface area contributed by atoms with Gasteiger partial charge < -0.3 is 10.5 Å². The summed E-state index contributed by atoms with van der Waals surface area (Å²) in [5, 5.41) is 1.16. The highest BCUT2D eigenvalue weighted by Crippen LogP contribution is 2.27. The minimum atomic E-state index is 0.660. The smallest absolute Gasteiger partial charge is 0.145 e. The molecule has 1 heterocycles. The quantitative estimate of drug-likeness (QED) is 0.879. The van der Waals surface area contributed by atoms with Gasteiger partial charge in [0.05, 0.1) is 6.61 Å². The number of nitrogens with zero attached hydrogens (tertiary/aromatic N) is 1. The molecule has 0 fully saturated rings. The lowest BCUT2D eigenvalue weighted by Gasteiger charge is -2.10. The van der Waals surface area contributed by atoms with Crippen LogP contribution in [-0.2, 0) is 6.42 Å². The average Bonchev–Trinajstić information content (AvgIpc) is 2.38. The third-order valence-electron chi connectivity index (χ3n) is 3.00. The van der Waals surface area contributed by atoms with Gasteiger partial charge in [-0.3, -0.25) is 0 Å². The molecule has 1 aromatic heterocycles. The third-order valence-corrected chi connectivity index (χ3v) is 3.00. The van der Waals surface area contributed by atoms with Gasteiger partial charge in [-0.1, -0.05) is 12.1 Å². The van der Waals surface area contributed by atoms with Crippen LogP contribution in [0, 0.1) is 6.92 Å². The number of rotatable bonds is 5. The van der Waals surface area contributed by atoms with Crippen molar-refractivity contribution in [2.75, 3.05) is 13.2 Å². The highest BCUT2D eigenvalue weighted by atomic mass is 16.5. The zero-order chi connectivity index (χ0) is 13.0. The standard InChI is InChI=1S/C15H20N2O/c1-3-18-14-8-4-7-13-11(2)10-12(6-5-9-16)17-15(13)14/h4,7-8,10H,3,5-6,9,16H2,1-2H3. The van der Waals surface area contributed by atoms with E-state index in [1.807, 2.05) is 19.1 Å². The van der Waals surface area contributed by atoms with Gasteiger partial charge >= 0.3 is 0 Å². The van der Waals surface area contributed by atoms with Crippen LogP contribution >= 0.6 is 0 Å². The number of ether oxygens (including phenoxy) is 1. The van der Waals surface area contributed by atoms with E-state index in [1.54, 1.807) is 0 Å². The summed E-state index contributed by atoms with van der Waals surface area (Å²) >= 11 is 0. The van der Waals surface area contributed by atoms with Gasteiger partial charge in [0.25, 0.3) is 0 Å². The van der Waals surface area contributed by atoms with E-state index in [9.17, 15) is 0 Å². The van der Waals surface area contributed by atoms with E-state index >= 15 is 0 Å². The SMILES string of the molecule is CCOc1cccc2c(C)cc(CCCN)nc12. The van der Waals surface area contributed by atoms with Crippen molar-refractivity contribution in [3.8, 4) is 5.75 Å². The summed E-state index contributed by atoms with van der Waals surface area (Å²) < 4.78 is 5.65. The van der Waals surface area contributed by atoms with Gasteiger partial charge in [0.15, 0.2) is 0 Å². The van der Waals surface area contributed by atoms with Crippen molar-refractivity contribution in [1.29, 1.82) is 0 Å². The molecule has 0 aliphatic carbocycles. The fourth-order valence-corrected chi connectivity index (χ4v) is 2.14. The second-order valence-corrected chi connectivity index (χ2v) is 4.41. The van der Waals surface area contributed by atoms with Crippen LogP contribution in [0.3, 0.4) is 0 Å². The van der Waals surface area contributed by atoms with Crippen molar-refractivity contribution >= 4 is 10.9 Å². The molecule has 96 valence electrons. The molecule has 2 aromatic rings. The first-order chi connectivity index (χ1) is 8.76. The summed E-state index contributed by atoms with van der Waals surface area (Å²) in [6.45, 7) is 5.47. The number of para-hydroxylation sites is 1. The summed E-state index contributed by atoms with van der Waals surface area (Å²) in [5.41, 5.74) is 8.86. The molecule has 0 aliphatic rings. The van der Waals surface area contributed by atoms with Crippen LogP contribution < -0.4 is 10.5 Å². The number of fused-ring (bicyclic) bond motifs is 1. The van der Waals surface area contributed by atoms with E-state index < -0.39 is 0 Å². The lowest BCUT2D eigenvalue weighted by molar-refractivity contribution is 0.343. The lowest BCUT2D eigenvalue weighted by Crippen LogP contribution is -2.03. The Labute approximate surface area is 108 Å². The molecular weight excluding hydrogens is 224 g/mol. The lowest BCUT2D eigenvalue weighted by atomic mass is 10.1. The second-order valence-electron chi connectivity index (χ2n) is 4.41. The Morgan fingerprint density at radius 1 is 1.33 bits per heavy atom. The zero-order valence-corrected chi connectivity index (χ0v) is 11.1. The molecular formula is C15H20N2O. The highest BCUT2D eigenvalue weighted by Gasteiger charge is 2.07. The predicted molar refractivity (Wildman–Crippen MR) is 75.0 cm³/mol. The molecule has 0 amide bonds. The van der Waals surface area contributed by atoms with Crippen LogP contribution in [0.4, 0.5) is 0 Å².